The zero-order chi connectivity index (χ0) is 18.3. The monoisotopic (exact) mass is 345 g/mol. The molecule has 136 valence electrons. The van der Waals surface area contributed by atoms with Gasteiger partial charge in [0.2, 0.25) is 5.88 Å². The fourth-order valence-corrected chi connectivity index (χ4v) is 2.92. The third kappa shape index (κ3) is 6.26. The predicted molar refractivity (Wildman–Crippen MR) is 94.2 cm³/mol. The first-order chi connectivity index (χ1) is 11.9. The first-order valence-electron chi connectivity index (χ1n) is 8.85. The number of rotatable bonds is 5. The molecule has 2 rings (SSSR count). The lowest BCUT2D eigenvalue weighted by Crippen LogP contribution is -2.42. The highest BCUT2D eigenvalue weighted by Gasteiger charge is 2.27. The number of ether oxygens (including phenoxy) is 2. The van der Waals surface area contributed by atoms with Gasteiger partial charge < -0.3 is 14.4 Å². The molecule has 0 N–H and O–H groups in total. The molecule has 1 amide bonds. The van der Waals surface area contributed by atoms with Gasteiger partial charge in [-0.15, -0.1) is 0 Å². The van der Waals surface area contributed by atoms with E-state index >= 15 is 0 Å². The van der Waals surface area contributed by atoms with Crippen LogP contribution in [0.25, 0.3) is 0 Å². The standard InChI is InChI=1S/C19H27N3O3/c1-19(2,3)25-18(23)22-11-5-7-15(14-22)8-6-12-24-17-16(13-20)9-4-10-21-17/h4,9-10,15H,5-8,11-12,14H2,1-3H3/t15-/m0/s1. The number of carbonyl (C=O) groups excluding carboxylic acids is 1. The van der Waals surface area contributed by atoms with Crippen LogP contribution in [0.4, 0.5) is 4.79 Å². The molecule has 1 aliphatic heterocycles. The molecule has 1 aromatic rings. The third-order valence-corrected chi connectivity index (χ3v) is 4.06. The van der Waals surface area contributed by atoms with Crippen LogP contribution in [-0.2, 0) is 4.74 Å². The van der Waals surface area contributed by atoms with Gasteiger partial charge in [-0.3, -0.25) is 0 Å². The Kier molecular flexibility index (Phi) is 6.63. The van der Waals surface area contributed by atoms with Gasteiger partial charge >= 0.3 is 6.09 Å². The minimum absolute atomic E-state index is 0.222. The van der Waals surface area contributed by atoms with Crippen LogP contribution in [0.3, 0.4) is 0 Å². The Labute approximate surface area is 149 Å². The van der Waals surface area contributed by atoms with Gasteiger partial charge in [0.25, 0.3) is 0 Å². The maximum atomic E-state index is 12.2. The van der Waals surface area contributed by atoms with Gasteiger partial charge in [0.05, 0.1) is 6.61 Å². The Bertz CT molecular complexity index is 619. The van der Waals surface area contributed by atoms with E-state index in [1.54, 1.807) is 18.3 Å². The fraction of sp³-hybridized carbons (Fsp3) is 0.632. The number of hydrogen-bond donors (Lipinski definition) is 0. The van der Waals surface area contributed by atoms with Gasteiger partial charge in [-0.1, -0.05) is 0 Å². The lowest BCUT2D eigenvalue weighted by molar-refractivity contribution is 0.0159. The summed E-state index contributed by atoms with van der Waals surface area (Å²) in [6, 6.07) is 5.49. The average molecular weight is 345 g/mol. The number of hydrogen-bond acceptors (Lipinski definition) is 5. The van der Waals surface area contributed by atoms with Crippen LogP contribution < -0.4 is 4.74 Å². The Balaban J connectivity index is 1.74. The summed E-state index contributed by atoms with van der Waals surface area (Å²) in [6.07, 6.45) is 5.37. The van der Waals surface area contributed by atoms with E-state index in [9.17, 15) is 4.79 Å². The molecule has 6 nitrogen and oxygen atoms in total. The van der Waals surface area contributed by atoms with Gasteiger partial charge in [-0.25, -0.2) is 9.78 Å². The number of nitrogens with zero attached hydrogens (tertiary/aromatic N) is 3. The predicted octanol–water partition coefficient (Wildman–Crippen LogP) is 3.76. The molecule has 6 heteroatoms. The zero-order valence-corrected chi connectivity index (χ0v) is 15.3. The number of nitriles is 1. The smallest absolute Gasteiger partial charge is 0.410 e. The summed E-state index contributed by atoms with van der Waals surface area (Å²) in [4.78, 5) is 18.1. The quantitative estimate of drug-likeness (QED) is 0.760. The normalized spacial score (nSPS) is 17.7. The van der Waals surface area contributed by atoms with Crippen molar-refractivity contribution in [2.24, 2.45) is 5.92 Å². The molecule has 0 unspecified atom stereocenters. The van der Waals surface area contributed by atoms with Crippen molar-refractivity contribution in [3.8, 4) is 11.9 Å². The third-order valence-electron chi connectivity index (χ3n) is 4.06. The Morgan fingerprint density at radius 3 is 3.00 bits per heavy atom. The molecule has 1 fully saturated rings. The minimum Gasteiger partial charge on any atom is -0.477 e. The number of aromatic nitrogens is 1. The second-order valence-corrected chi connectivity index (χ2v) is 7.39. The average Bonchev–Trinajstić information content (AvgIpc) is 2.58. The van der Waals surface area contributed by atoms with Gasteiger partial charge in [0.1, 0.15) is 17.2 Å². The molecule has 0 bridgehead atoms. The Hall–Kier alpha value is -2.29. The van der Waals surface area contributed by atoms with E-state index in [0.29, 0.717) is 24.0 Å². The van der Waals surface area contributed by atoms with Crippen molar-refractivity contribution in [2.75, 3.05) is 19.7 Å². The van der Waals surface area contributed by atoms with Gasteiger partial charge in [0.15, 0.2) is 0 Å². The molecule has 1 saturated heterocycles. The van der Waals surface area contributed by atoms with Gasteiger partial charge in [0, 0.05) is 19.3 Å². The number of piperidine rings is 1. The molecule has 25 heavy (non-hydrogen) atoms. The summed E-state index contributed by atoms with van der Waals surface area (Å²) < 4.78 is 11.1. The highest BCUT2D eigenvalue weighted by Crippen LogP contribution is 2.23. The van der Waals surface area contributed by atoms with Gasteiger partial charge in [-0.05, 0) is 64.5 Å². The summed E-state index contributed by atoms with van der Waals surface area (Å²) in [5.41, 5.74) is -0.00445. The molecular formula is C19H27N3O3. The zero-order valence-electron chi connectivity index (χ0n) is 15.3. The van der Waals surface area contributed by atoms with E-state index in [4.69, 9.17) is 14.7 Å². The lowest BCUT2D eigenvalue weighted by atomic mass is 9.94. The molecule has 0 aliphatic carbocycles. The van der Waals surface area contributed by atoms with Crippen molar-refractivity contribution in [3.63, 3.8) is 0 Å². The lowest BCUT2D eigenvalue weighted by Gasteiger charge is -2.34. The van der Waals surface area contributed by atoms with Crippen LogP contribution in [0.15, 0.2) is 18.3 Å². The van der Waals surface area contributed by atoms with Crippen LogP contribution in [0.2, 0.25) is 0 Å². The molecular weight excluding hydrogens is 318 g/mol. The topological polar surface area (TPSA) is 75.4 Å². The number of carbonyl (C=O) groups is 1. The van der Waals surface area contributed by atoms with E-state index in [1.807, 2.05) is 25.7 Å². The second-order valence-electron chi connectivity index (χ2n) is 7.39. The van der Waals surface area contributed by atoms with Crippen molar-refractivity contribution in [2.45, 2.75) is 52.1 Å². The van der Waals surface area contributed by atoms with E-state index in [0.717, 1.165) is 38.8 Å². The molecule has 2 heterocycles. The molecule has 1 atom stereocenters. The Morgan fingerprint density at radius 1 is 1.48 bits per heavy atom. The van der Waals surface area contributed by atoms with Crippen molar-refractivity contribution < 1.29 is 14.3 Å². The van der Waals surface area contributed by atoms with E-state index in [-0.39, 0.29) is 6.09 Å². The van der Waals surface area contributed by atoms with Gasteiger partial charge in [-0.2, -0.15) is 5.26 Å². The first kappa shape index (κ1) is 19.0. The number of amides is 1. The molecule has 0 radical (unpaired) electrons. The van der Waals surface area contributed by atoms with Crippen molar-refractivity contribution in [3.05, 3.63) is 23.9 Å². The van der Waals surface area contributed by atoms with Crippen molar-refractivity contribution in [1.82, 2.24) is 9.88 Å². The number of likely N-dealkylation sites (tertiary alicyclic amines) is 1. The summed E-state index contributed by atoms with van der Waals surface area (Å²) in [5.74, 6) is 0.855. The molecule has 0 spiro atoms. The fourth-order valence-electron chi connectivity index (χ4n) is 2.92. The van der Waals surface area contributed by atoms with Crippen molar-refractivity contribution in [1.29, 1.82) is 5.26 Å². The summed E-state index contributed by atoms with van der Waals surface area (Å²) in [6.45, 7) is 7.68. The first-order valence-corrected chi connectivity index (χ1v) is 8.85. The maximum Gasteiger partial charge on any atom is 0.410 e. The van der Waals surface area contributed by atoms with E-state index in [1.165, 1.54) is 0 Å². The minimum atomic E-state index is -0.459. The molecule has 1 aromatic heterocycles. The molecule has 0 aromatic carbocycles. The van der Waals surface area contributed by atoms with Crippen LogP contribution in [-0.4, -0.2) is 41.3 Å². The molecule has 0 saturated carbocycles. The molecule has 1 aliphatic rings. The maximum absolute atomic E-state index is 12.2. The SMILES string of the molecule is CC(C)(C)OC(=O)N1CCC[C@@H](CCCOc2ncccc2C#N)C1. The van der Waals surface area contributed by atoms with Crippen LogP contribution in [0.1, 0.15) is 52.0 Å². The second kappa shape index (κ2) is 8.70. The largest absolute Gasteiger partial charge is 0.477 e. The van der Waals surface area contributed by atoms with E-state index < -0.39 is 5.60 Å². The van der Waals surface area contributed by atoms with Crippen molar-refractivity contribution >= 4 is 6.09 Å². The highest BCUT2D eigenvalue weighted by atomic mass is 16.6. The summed E-state index contributed by atoms with van der Waals surface area (Å²) >= 11 is 0. The number of pyridine rings is 1. The summed E-state index contributed by atoms with van der Waals surface area (Å²) in [5, 5.41) is 9.02. The highest BCUT2D eigenvalue weighted by molar-refractivity contribution is 5.68. The van der Waals surface area contributed by atoms with Crippen LogP contribution in [0, 0.1) is 17.2 Å². The Morgan fingerprint density at radius 2 is 2.28 bits per heavy atom. The summed E-state index contributed by atoms with van der Waals surface area (Å²) in [7, 11) is 0. The van der Waals surface area contributed by atoms with E-state index in [2.05, 4.69) is 11.1 Å². The van der Waals surface area contributed by atoms with Crippen LogP contribution >= 0.6 is 0 Å². The van der Waals surface area contributed by atoms with Crippen LogP contribution in [0.5, 0.6) is 5.88 Å².